The minimum atomic E-state index is -0.896. The zero-order valence-corrected chi connectivity index (χ0v) is 18.3. The van der Waals surface area contributed by atoms with Gasteiger partial charge in [-0.15, -0.1) is 0 Å². The quantitative estimate of drug-likeness (QED) is 0.508. The maximum Gasteiger partial charge on any atom is 0.311 e. The highest BCUT2D eigenvalue weighted by Gasteiger charge is 2.29. The first-order valence-corrected chi connectivity index (χ1v) is 10.5. The first-order valence-electron chi connectivity index (χ1n) is 10.1. The Labute approximate surface area is 182 Å². The van der Waals surface area contributed by atoms with Gasteiger partial charge in [0.15, 0.2) is 5.78 Å². The monoisotopic (exact) mass is 430 g/mol. The molecule has 0 amide bonds. The van der Waals surface area contributed by atoms with Crippen LogP contribution < -0.4 is 9.47 Å². The summed E-state index contributed by atoms with van der Waals surface area (Å²) in [6.45, 7) is 6.84. The van der Waals surface area contributed by atoms with Crippen LogP contribution in [0.25, 0.3) is 0 Å². The second kappa shape index (κ2) is 9.09. The molecule has 5 nitrogen and oxygen atoms in total. The van der Waals surface area contributed by atoms with Crippen molar-refractivity contribution in [2.24, 2.45) is 5.41 Å². The maximum absolute atomic E-state index is 12.4. The molecule has 160 valence electrons. The molecule has 0 bridgehead atoms. The van der Waals surface area contributed by atoms with E-state index in [-0.39, 0.29) is 11.2 Å². The van der Waals surface area contributed by atoms with Crippen LogP contribution in [0.4, 0.5) is 0 Å². The van der Waals surface area contributed by atoms with Crippen molar-refractivity contribution < 1.29 is 24.2 Å². The van der Waals surface area contributed by atoms with Crippen LogP contribution in [0.3, 0.4) is 0 Å². The minimum absolute atomic E-state index is 0.116. The normalized spacial score (nSPS) is 15.8. The van der Waals surface area contributed by atoms with Crippen LogP contribution in [-0.2, 0) is 4.79 Å². The van der Waals surface area contributed by atoms with Crippen LogP contribution in [0.1, 0.15) is 68.3 Å². The summed E-state index contributed by atoms with van der Waals surface area (Å²) in [5.74, 6) is -0.0280. The molecule has 1 heterocycles. The molecule has 6 heteroatoms. The van der Waals surface area contributed by atoms with E-state index in [1.807, 2.05) is 0 Å². The lowest BCUT2D eigenvalue weighted by Gasteiger charge is -2.24. The molecule has 1 atom stereocenters. The van der Waals surface area contributed by atoms with E-state index in [0.29, 0.717) is 52.8 Å². The number of fused-ring (bicyclic) bond motifs is 1. The molecule has 1 aliphatic rings. The number of halogens is 1. The third kappa shape index (κ3) is 5.54. The number of ether oxygens (including phenoxy) is 2. The number of hydrogen-bond donors (Lipinski definition) is 1. The van der Waals surface area contributed by atoms with Gasteiger partial charge in [0.25, 0.3) is 0 Å². The van der Waals surface area contributed by atoms with Crippen molar-refractivity contribution in [1.29, 1.82) is 0 Å². The number of Topliss-reactive ketones (excluding diaryl/α,β-unsaturated/α-hetero) is 1. The highest BCUT2D eigenvalue weighted by atomic mass is 35.5. The molecule has 0 fully saturated rings. The predicted octanol–water partition coefficient (Wildman–Crippen LogP) is 6.48. The van der Waals surface area contributed by atoms with Crippen LogP contribution in [0.2, 0.25) is 5.02 Å². The van der Waals surface area contributed by atoms with Crippen molar-refractivity contribution in [3.05, 3.63) is 52.5 Å². The fourth-order valence-corrected chi connectivity index (χ4v) is 3.69. The molecule has 1 unspecified atom stereocenters. The Kier molecular flexibility index (Phi) is 6.71. The lowest BCUT2D eigenvalue weighted by molar-refractivity contribution is -0.139. The molecule has 30 heavy (non-hydrogen) atoms. The van der Waals surface area contributed by atoms with Crippen molar-refractivity contribution in [1.82, 2.24) is 0 Å². The highest BCUT2D eigenvalue weighted by molar-refractivity contribution is 6.32. The number of carboxylic acids is 1. The second-order valence-electron chi connectivity index (χ2n) is 8.81. The Bertz CT molecular complexity index is 928. The average molecular weight is 431 g/mol. The van der Waals surface area contributed by atoms with E-state index >= 15 is 0 Å². The summed E-state index contributed by atoms with van der Waals surface area (Å²) in [4.78, 5) is 23.8. The first kappa shape index (κ1) is 22.2. The molecule has 2 aromatic carbocycles. The minimum Gasteiger partial charge on any atom is -0.493 e. The molecule has 0 saturated heterocycles. The van der Waals surface area contributed by atoms with Crippen LogP contribution in [0, 0.1) is 5.41 Å². The van der Waals surface area contributed by atoms with Crippen LogP contribution >= 0.6 is 11.6 Å². The molecular weight excluding hydrogens is 404 g/mol. The van der Waals surface area contributed by atoms with E-state index in [4.69, 9.17) is 21.1 Å². The van der Waals surface area contributed by atoms with Crippen LogP contribution in [0.5, 0.6) is 17.2 Å². The van der Waals surface area contributed by atoms with Gasteiger partial charge in [-0.2, -0.15) is 0 Å². The fourth-order valence-electron chi connectivity index (χ4n) is 3.48. The molecule has 2 aromatic rings. The zero-order valence-electron chi connectivity index (χ0n) is 17.5. The van der Waals surface area contributed by atoms with E-state index in [9.17, 15) is 14.7 Å². The summed E-state index contributed by atoms with van der Waals surface area (Å²) in [5, 5.41) is 9.70. The Balaban J connectivity index is 1.68. The van der Waals surface area contributed by atoms with E-state index in [1.165, 1.54) is 0 Å². The Morgan fingerprint density at radius 3 is 2.53 bits per heavy atom. The smallest absolute Gasteiger partial charge is 0.311 e. The van der Waals surface area contributed by atoms with E-state index in [0.717, 1.165) is 12.8 Å². The number of carbonyl (C=O) groups excluding carboxylic acids is 1. The Hall–Kier alpha value is -2.53. The standard InChI is InChI=1S/C24H27ClO5/c1-24(2,3)11-4-5-20(26)15-6-8-16(9-7-15)30-22-14-21-18(13-19(22)25)17(23(27)28)10-12-29-21/h6-9,13-14,17H,4-5,10-12H2,1-3H3,(H,27,28). The van der Waals surface area contributed by atoms with E-state index < -0.39 is 11.9 Å². The molecule has 0 aliphatic carbocycles. The third-order valence-corrected chi connectivity index (χ3v) is 5.43. The fraction of sp³-hybridized carbons (Fsp3) is 0.417. The SMILES string of the molecule is CC(C)(C)CCCC(=O)c1ccc(Oc2cc3c(cc2Cl)C(C(=O)O)CCO3)cc1. The van der Waals surface area contributed by atoms with Gasteiger partial charge in [-0.25, -0.2) is 0 Å². The van der Waals surface area contributed by atoms with Gasteiger partial charge in [-0.1, -0.05) is 32.4 Å². The first-order chi connectivity index (χ1) is 14.1. The van der Waals surface area contributed by atoms with Gasteiger partial charge in [0.2, 0.25) is 0 Å². The maximum atomic E-state index is 12.4. The van der Waals surface area contributed by atoms with Gasteiger partial charge in [0.05, 0.1) is 17.5 Å². The Morgan fingerprint density at radius 2 is 1.90 bits per heavy atom. The molecule has 0 saturated carbocycles. The summed E-state index contributed by atoms with van der Waals surface area (Å²) in [5.41, 5.74) is 1.43. The summed E-state index contributed by atoms with van der Waals surface area (Å²) in [6.07, 6.45) is 2.80. The highest BCUT2D eigenvalue weighted by Crippen LogP contribution is 2.41. The summed E-state index contributed by atoms with van der Waals surface area (Å²) >= 11 is 6.33. The number of rotatable bonds is 7. The largest absolute Gasteiger partial charge is 0.493 e. The molecule has 0 radical (unpaired) electrons. The van der Waals surface area contributed by atoms with E-state index in [1.54, 1.807) is 36.4 Å². The van der Waals surface area contributed by atoms with Crippen molar-refractivity contribution >= 4 is 23.4 Å². The number of ketones is 1. The van der Waals surface area contributed by atoms with Crippen molar-refractivity contribution in [2.45, 2.75) is 52.4 Å². The van der Waals surface area contributed by atoms with Crippen molar-refractivity contribution in [2.75, 3.05) is 6.61 Å². The zero-order chi connectivity index (χ0) is 21.9. The van der Waals surface area contributed by atoms with Gasteiger partial charge in [0.1, 0.15) is 17.2 Å². The molecular formula is C24H27ClO5. The molecule has 1 N–H and O–H groups in total. The second-order valence-corrected chi connectivity index (χ2v) is 9.22. The van der Waals surface area contributed by atoms with Gasteiger partial charge < -0.3 is 14.6 Å². The molecule has 3 rings (SSSR count). The van der Waals surface area contributed by atoms with Gasteiger partial charge in [-0.05, 0) is 55.0 Å². The summed E-state index contributed by atoms with van der Waals surface area (Å²) in [7, 11) is 0. The Morgan fingerprint density at radius 1 is 1.20 bits per heavy atom. The number of aliphatic carboxylic acids is 1. The lowest BCUT2D eigenvalue weighted by atomic mass is 9.89. The third-order valence-electron chi connectivity index (χ3n) is 5.14. The van der Waals surface area contributed by atoms with Crippen molar-refractivity contribution in [3.8, 4) is 17.2 Å². The molecule has 1 aliphatic heterocycles. The lowest BCUT2D eigenvalue weighted by Crippen LogP contribution is -2.20. The predicted molar refractivity (Wildman–Crippen MR) is 116 cm³/mol. The van der Waals surface area contributed by atoms with Crippen molar-refractivity contribution in [3.63, 3.8) is 0 Å². The van der Waals surface area contributed by atoms with Gasteiger partial charge in [-0.3, -0.25) is 9.59 Å². The summed E-state index contributed by atoms with van der Waals surface area (Å²) < 4.78 is 11.5. The van der Waals surface area contributed by atoms with Crippen LogP contribution in [0.15, 0.2) is 36.4 Å². The molecule has 0 spiro atoms. The number of hydrogen-bond acceptors (Lipinski definition) is 4. The topological polar surface area (TPSA) is 72.8 Å². The average Bonchev–Trinajstić information content (AvgIpc) is 2.67. The van der Waals surface area contributed by atoms with Gasteiger partial charge in [0, 0.05) is 23.6 Å². The number of carbonyl (C=O) groups is 2. The number of benzene rings is 2. The van der Waals surface area contributed by atoms with Gasteiger partial charge >= 0.3 is 5.97 Å². The van der Waals surface area contributed by atoms with Crippen LogP contribution in [-0.4, -0.2) is 23.5 Å². The molecule has 0 aromatic heterocycles. The van der Waals surface area contributed by atoms with E-state index in [2.05, 4.69) is 20.8 Å². The number of carboxylic acid groups (broad SMARTS) is 1. The summed E-state index contributed by atoms with van der Waals surface area (Å²) in [6, 6.07) is 10.2.